The van der Waals surface area contributed by atoms with Crippen molar-refractivity contribution in [3.05, 3.63) is 71.8 Å². The molecule has 0 aromatic heterocycles. The van der Waals surface area contributed by atoms with Gasteiger partial charge in [-0.25, -0.2) is 8.42 Å². The van der Waals surface area contributed by atoms with E-state index >= 15 is 0 Å². The van der Waals surface area contributed by atoms with Gasteiger partial charge >= 0.3 is 0 Å². The average molecular weight is 499 g/mol. The van der Waals surface area contributed by atoms with Gasteiger partial charge in [0.2, 0.25) is 0 Å². The van der Waals surface area contributed by atoms with Crippen molar-refractivity contribution >= 4 is 27.3 Å². The number of anilines is 2. The molecule has 1 amide bonds. The van der Waals surface area contributed by atoms with Gasteiger partial charge in [0.25, 0.3) is 15.9 Å². The van der Waals surface area contributed by atoms with Crippen LogP contribution in [0.25, 0.3) is 0 Å². The number of ether oxygens (including phenoxy) is 3. The fourth-order valence-corrected chi connectivity index (χ4v) is 4.41. The third-order valence-corrected chi connectivity index (χ3v) is 6.74. The van der Waals surface area contributed by atoms with E-state index in [1.807, 2.05) is 39.0 Å². The minimum absolute atomic E-state index is 0.0343. The normalized spacial score (nSPS) is 11.9. The first-order valence-corrected chi connectivity index (χ1v) is 12.5. The van der Waals surface area contributed by atoms with Gasteiger partial charge in [-0.3, -0.25) is 9.52 Å². The molecule has 0 fully saturated rings. The lowest BCUT2D eigenvalue weighted by atomic mass is 10.1. The highest BCUT2D eigenvalue weighted by atomic mass is 32.2. The summed E-state index contributed by atoms with van der Waals surface area (Å²) in [5.41, 5.74) is 2.72. The molecule has 0 radical (unpaired) electrons. The standard InChI is InChI=1S/C26H30N2O6S/c1-6-23(34-24-15-17(2)7-8-18(24)3)26(29)27-19-9-12-21(13-10-19)35(30,31)28-22-14-11-20(32-4)16-25(22)33-5/h7-16,23,28H,6H2,1-5H3,(H,27,29). The molecule has 186 valence electrons. The molecular formula is C26H30N2O6S. The Hall–Kier alpha value is -3.72. The topological polar surface area (TPSA) is 103 Å². The van der Waals surface area contributed by atoms with Gasteiger partial charge in [0.1, 0.15) is 17.2 Å². The van der Waals surface area contributed by atoms with Crippen LogP contribution in [0.4, 0.5) is 11.4 Å². The molecule has 3 aromatic rings. The molecule has 0 aliphatic carbocycles. The molecule has 0 bridgehead atoms. The van der Waals surface area contributed by atoms with E-state index in [1.165, 1.54) is 38.5 Å². The molecule has 1 unspecified atom stereocenters. The van der Waals surface area contributed by atoms with Crippen LogP contribution in [0.2, 0.25) is 0 Å². The third kappa shape index (κ3) is 6.45. The van der Waals surface area contributed by atoms with E-state index < -0.39 is 16.1 Å². The van der Waals surface area contributed by atoms with Gasteiger partial charge in [-0.05, 0) is 73.9 Å². The van der Waals surface area contributed by atoms with Gasteiger partial charge in [-0.15, -0.1) is 0 Å². The molecule has 9 heteroatoms. The molecule has 3 rings (SSSR count). The second-order valence-electron chi connectivity index (χ2n) is 7.97. The molecular weight excluding hydrogens is 468 g/mol. The molecule has 3 aromatic carbocycles. The van der Waals surface area contributed by atoms with Gasteiger partial charge in [-0.1, -0.05) is 19.1 Å². The van der Waals surface area contributed by atoms with Crippen molar-refractivity contribution in [3.63, 3.8) is 0 Å². The summed E-state index contributed by atoms with van der Waals surface area (Å²) in [6.45, 7) is 5.75. The van der Waals surface area contributed by atoms with E-state index in [9.17, 15) is 13.2 Å². The highest BCUT2D eigenvalue weighted by molar-refractivity contribution is 7.92. The van der Waals surface area contributed by atoms with Crippen molar-refractivity contribution < 1.29 is 27.4 Å². The molecule has 2 N–H and O–H groups in total. The lowest BCUT2D eigenvalue weighted by Gasteiger charge is -2.19. The largest absolute Gasteiger partial charge is 0.497 e. The zero-order valence-electron chi connectivity index (χ0n) is 20.4. The number of hydrogen-bond acceptors (Lipinski definition) is 6. The molecule has 8 nitrogen and oxygen atoms in total. The number of benzene rings is 3. The van der Waals surface area contributed by atoms with Gasteiger partial charge in [0.05, 0.1) is 24.8 Å². The summed E-state index contributed by atoms with van der Waals surface area (Å²) < 4.78 is 44.6. The van der Waals surface area contributed by atoms with Crippen LogP contribution in [-0.2, 0) is 14.8 Å². The smallest absolute Gasteiger partial charge is 0.265 e. The Kier molecular flexibility index (Phi) is 8.24. The number of amides is 1. The minimum atomic E-state index is -3.89. The van der Waals surface area contributed by atoms with E-state index in [0.29, 0.717) is 29.4 Å². The first kappa shape index (κ1) is 25.9. The number of hydrogen-bond donors (Lipinski definition) is 2. The van der Waals surface area contributed by atoms with Gasteiger partial charge in [0.15, 0.2) is 6.10 Å². The van der Waals surface area contributed by atoms with Crippen LogP contribution in [0.1, 0.15) is 24.5 Å². The zero-order valence-corrected chi connectivity index (χ0v) is 21.2. The summed E-state index contributed by atoms with van der Waals surface area (Å²) in [6, 6.07) is 16.5. The Morgan fingerprint density at radius 2 is 1.63 bits per heavy atom. The molecule has 0 saturated carbocycles. The number of carbonyl (C=O) groups is 1. The predicted molar refractivity (Wildman–Crippen MR) is 136 cm³/mol. The molecule has 0 heterocycles. The van der Waals surface area contributed by atoms with Crippen LogP contribution in [0, 0.1) is 13.8 Å². The predicted octanol–water partition coefficient (Wildman–Crippen LogP) is 4.92. The lowest BCUT2D eigenvalue weighted by molar-refractivity contribution is -0.122. The van der Waals surface area contributed by atoms with Crippen LogP contribution >= 0.6 is 0 Å². The summed E-state index contributed by atoms with van der Waals surface area (Å²) in [5.74, 6) is 1.21. The van der Waals surface area contributed by atoms with Gasteiger partial charge < -0.3 is 19.5 Å². The summed E-state index contributed by atoms with van der Waals surface area (Å²) in [5, 5.41) is 2.79. The quantitative estimate of drug-likeness (QED) is 0.411. The number of carbonyl (C=O) groups excluding carboxylic acids is 1. The Balaban J connectivity index is 1.71. The van der Waals surface area contributed by atoms with E-state index in [-0.39, 0.29) is 16.5 Å². The SMILES string of the molecule is CCC(Oc1cc(C)ccc1C)C(=O)Nc1ccc(S(=O)(=O)Nc2ccc(OC)cc2OC)cc1. The molecule has 0 aliphatic rings. The Bertz CT molecular complexity index is 1290. The summed E-state index contributed by atoms with van der Waals surface area (Å²) in [4.78, 5) is 12.8. The van der Waals surface area contributed by atoms with Crippen molar-refractivity contribution in [2.45, 2.75) is 38.2 Å². The molecule has 0 aliphatic heterocycles. The monoisotopic (exact) mass is 498 g/mol. The van der Waals surface area contributed by atoms with Crippen LogP contribution in [0.3, 0.4) is 0 Å². The van der Waals surface area contributed by atoms with Crippen LogP contribution in [0.15, 0.2) is 65.6 Å². The second-order valence-corrected chi connectivity index (χ2v) is 9.65. The minimum Gasteiger partial charge on any atom is -0.497 e. The van der Waals surface area contributed by atoms with Crippen LogP contribution in [-0.4, -0.2) is 34.6 Å². The van der Waals surface area contributed by atoms with Crippen molar-refractivity contribution in [3.8, 4) is 17.2 Å². The van der Waals surface area contributed by atoms with Gasteiger partial charge in [0, 0.05) is 11.8 Å². The number of rotatable bonds is 10. The number of aryl methyl sites for hydroxylation is 2. The highest BCUT2D eigenvalue weighted by Gasteiger charge is 2.21. The summed E-state index contributed by atoms with van der Waals surface area (Å²) in [7, 11) is -0.936. The maximum absolute atomic E-state index is 12.9. The number of sulfonamides is 1. The van der Waals surface area contributed by atoms with Crippen molar-refractivity contribution in [1.29, 1.82) is 0 Å². The number of methoxy groups -OCH3 is 2. The van der Waals surface area contributed by atoms with Crippen molar-refractivity contribution in [2.24, 2.45) is 0 Å². The maximum atomic E-state index is 12.9. The molecule has 0 saturated heterocycles. The van der Waals surface area contributed by atoms with E-state index in [2.05, 4.69) is 10.0 Å². The first-order chi connectivity index (χ1) is 16.7. The Labute approximate surface area is 206 Å². The van der Waals surface area contributed by atoms with E-state index in [1.54, 1.807) is 18.2 Å². The van der Waals surface area contributed by atoms with E-state index in [4.69, 9.17) is 14.2 Å². The average Bonchev–Trinajstić information content (AvgIpc) is 2.84. The fraction of sp³-hybridized carbons (Fsp3) is 0.269. The second kappa shape index (κ2) is 11.1. The molecule has 0 spiro atoms. The number of nitrogens with one attached hydrogen (secondary N) is 2. The first-order valence-electron chi connectivity index (χ1n) is 11.1. The van der Waals surface area contributed by atoms with Gasteiger partial charge in [-0.2, -0.15) is 0 Å². The molecule has 1 atom stereocenters. The van der Waals surface area contributed by atoms with Crippen molar-refractivity contribution in [2.75, 3.05) is 24.3 Å². The summed E-state index contributed by atoms with van der Waals surface area (Å²) >= 11 is 0. The lowest BCUT2D eigenvalue weighted by Crippen LogP contribution is -2.32. The molecule has 35 heavy (non-hydrogen) atoms. The summed E-state index contributed by atoms with van der Waals surface area (Å²) in [6.07, 6.45) is -0.220. The third-order valence-electron chi connectivity index (χ3n) is 5.36. The zero-order chi connectivity index (χ0) is 25.6. The van der Waals surface area contributed by atoms with Crippen LogP contribution in [0.5, 0.6) is 17.2 Å². The van der Waals surface area contributed by atoms with Crippen LogP contribution < -0.4 is 24.2 Å². The maximum Gasteiger partial charge on any atom is 0.265 e. The van der Waals surface area contributed by atoms with Crippen molar-refractivity contribution in [1.82, 2.24) is 0 Å². The fourth-order valence-electron chi connectivity index (χ4n) is 3.34. The van der Waals surface area contributed by atoms with E-state index in [0.717, 1.165) is 11.1 Å². The highest BCUT2D eigenvalue weighted by Crippen LogP contribution is 2.31. The Morgan fingerprint density at radius 3 is 2.26 bits per heavy atom. The Morgan fingerprint density at radius 1 is 0.914 bits per heavy atom.